The summed E-state index contributed by atoms with van der Waals surface area (Å²) in [6.07, 6.45) is 2.00. The third kappa shape index (κ3) is 4.48. The van der Waals surface area contributed by atoms with Crippen molar-refractivity contribution in [3.8, 4) is 0 Å². The summed E-state index contributed by atoms with van der Waals surface area (Å²) in [6, 6.07) is 18.5. The molecule has 0 spiro atoms. The summed E-state index contributed by atoms with van der Waals surface area (Å²) < 4.78 is 3.26. The van der Waals surface area contributed by atoms with Crippen molar-refractivity contribution in [3.05, 3.63) is 71.3 Å². The van der Waals surface area contributed by atoms with E-state index in [1.165, 1.54) is 16.4 Å². The lowest BCUT2D eigenvalue weighted by Gasteiger charge is -2.17. The quantitative estimate of drug-likeness (QED) is 0.494. The summed E-state index contributed by atoms with van der Waals surface area (Å²) in [7, 11) is 1.01. The second-order valence-corrected chi connectivity index (χ2v) is 7.44. The Kier molecular flexibility index (Phi) is 6.12. The van der Waals surface area contributed by atoms with Crippen LogP contribution in [0.5, 0.6) is 0 Å². The molecule has 0 aliphatic heterocycles. The zero-order valence-electron chi connectivity index (χ0n) is 16.3. The fraction of sp³-hybridized carbons (Fsp3) is 0.227. The van der Waals surface area contributed by atoms with Gasteiger partial charge in [-0.1, -0.05) is 60.6 Å². The first-order valence-electron chi connectivity index (χ1n) is 9.25. The number of rotatable bonds is 6. The van der Waals surface area contributed by atoms with Gasteiger partial charge in [-0.2, -0.15) is 0 Å². The van der Waals surface area contributed by atoms with Crippen LogP contribution in [-0.2, 0) is 0 Å². The summed E-state index contributed by atoms with van der Waals surface area (Å²) >= 11 is 1.57. The maximum absolute atomic E-state index is 12.7. The van der Waals surface area contributed by atoms with Crippen molar-refractivity contribution in [1.29, 1.82) is 0 Å². The van der Waals surface area contributed by atoms with Gasteiger partial charge in [-0.15, -0.1) is 0 Å². The lowest BCUT2D eigenvalue weighted by molar-refractivity contribution is 0.0940. The summed E-state index contributed by atoms with van der Waals surface area (Å²) in [5, 5.41) is 5.38. The molecule has 1 amide bonds. The number of fused-ring (bicyclic) bond motifs is 1. The average molecular weight is 376 g/mol. The van der Waals surface area contributed by atoms with Crippen molar-refractivity contribution in [1.82, 2.24) is 5.32 Å². The van der Waals surface area contributed by atoms with E-state index in [4.69, 9.17) is 0 Å². The monoisotopic (exact) mass is 376 g/mol. The molecule has 0 bridgehead atoms. The summed E-state index contributed by atoms with van der Waals surface area (Å²) in [5.74, 6) is -0.0482. The second-order valence-electron chi connectivity index (χ2n) is 6.83. The second kappa shape index (κ2) is 8.53. The summed E-state index contributed by atoms with van der Waals surface area (Å²) in [5.41, 5.74) is 5.37. The van der Waals surface area contributed by atoms with Crippen LogP contribution in [0.1, 0.15) is 34.5 Å². The maximum Gasteiger partial charge on any atom is 0.251 e. The minimum absolute atomic E-state index is 0.0482. The molecule has 0 aromatic heterocycles. The van der Waals surface area contributed by atoms with E-state index >= 15 is 0 Å². The number of hydrogen-bond donors (Lipinski definition) is 2. The molecule has 1 atom stereocenters. The van der Waals surface area contributed by atoms with E-state index in [0.29, 0.717) is 5.56 Å². The predicted molar refractivity (Wildman–Crippen MR) is 121 cm³/mol. The van der Waals surface area contributed by atoms with Crippen molar-refractivity contribution >= 4 is 47.1 Å². The van der Waals surface area contributed by atoms with Gasteiger partial charge < -0.3 is 10.0 Å². The van der Waals surface area contributed by atoms with Crippen molar-refractivity contribution in [3.63, 3.8) is 0 Å². The molecule has 5 heteroatoms. The van der Waals surface area contributed by atoms with Gasteiger partial charge in [0.1, 0.15) is 0 Å². The lowest BCUT2D eigenvalue weighted by Crippen LogP contribution is -2.26. The van der Waals surface area contributed by atoms with Crippen LogP contribution in [0.15, 0.2) is 54.6 Å². The van der Waals surface area contributed by atoms with E-state index in [0.717, 1.165) is 23.9 Å². The fourth-order valence-corrected chi connectivity index (χ4v) is 3.65. The molecule has 0 heterocycles. The van der Waals surface area contributed by atoms with Gasteiger partial charge >= 0.3 is 0 Å². The Hall–Kier alpha value is -2.40. The number of carbonyl (C=O) groups excluding carboxylic acids is 1. The van der Waals surface area contributed by atoms with Crippen LogP contribution in [-0.4, -0.2) is 19.4 Å². The Morgan fingerprint density at radius 2 is 1.78 bits per heavy atom. The smallest absolute Gasteiger partial charge is 0.251 e. The summed E-state index contributed by atoms with van der Waals surface area (Å²) in [6.45, 7) is 6.24. The summed E-state index contributed by atoms with van der Waals surface area (Å²) in [4.78, 5) is 12.7. The molecule has 3 nitrogen and oxygen atoms in total. The van der Waals surface area contributed by atoms with Crippen LogP contribution in [0.4, 0.5) is 5.69 Å². The highest BCUT2D eigenvalue weighted by Gasteiger charge is 2.13. The molecule has 3 aromatic rings. The molecule has 138 valence electrons. The van der Waals surface area contributed by atoms with E-state index in [1.807, 2.05) is 31.4 Å². The minimum Gasteiger partial charge on any atom is -0.346 e. The molecule has 0 unspecified atom stereocenters. The average Bonchev–Trinajstić information content (AvgIpc) is 2.68. The van der Waals surface area contributed by atoms with Gasteiger partial charge in [-0.25, -0.2) is 0 Å². The van der Waals surface area contributed by atoms with E-state index < -0.39 is 0 Å². The van der Waals surface area contributed by atoms with Crippen LogP contribution < -0.4 is 15.5 Å². The normalized spacial score (nSPS) is 11.9. The van der Waals surface area contributed by atoms with Gasteiger partial charge in [0.05, 0.1) is 6.04 Å². The van der Waals surface area contributed by atoms with Gasteiger partial charge in [0.25, 0.3) is 5.91 Å². The SMILES string of the molecule is CBc1ccc2cc(C(=O)N[C@H](C)c3ccc(NSC)c(C)c3)ccc2c1. The number of hydrogen-bond acceptors (Lipinski definition) is 3. The largest absolute Gasteiger partial charge is 0.346 e. The number of benzene rings is 3. The van der Waals surface area contributed by atoms with Crippen molar-refractivity contribution in [2.45, 2.75) is 26.7 Å². The van der Waals surface area contributed by atoms with E-state index in [9.17, 15) is 4.79 Å². The van der Waals surface area contributed by atoms with Gasteiger partial charge in [0, 0.05) is 17.5 Å². The highest BCUT2D eigenvalue weighted by molar-refractivity contribution is 7.99. The Morgan fingerprint density at radius 3 is 2.48 bits per heavy atom. The molecule has 0 aliphatic carbocycles. The molecule has 3 aromatic carbocycles. The maximum atomic E-state index is 12.7. The fourth-order valence-electron chi connectivity index (χ4n) is 3.20. The molecule has 3 rings (SSSR count). The van der Waals surface area contributed by atoms with Crippen molar-refractivity contribution in [2.75, 3.05) is 11.0 Å². The third-order valence-electron chi connectivity index (χ3n) is 4.89. The first-order chi connectivity index (χ1) is 13.0. The van der Waals surface area contributed by atoms with Crippen LogP contribution >= 0.6 is 11.9 Å². The van der Waals surface area contributed by atoms with E-state index in [-0.39, 0.29) is 11.9 Å². The third-order valence-corrected chi connectivity index (χ3v) is 5.31. The van der Waals surface area contributed by atoms with E-state index in [1.54, 1.807) is 11.9 Å². The number of aryl methyl sites for hydroxylation is 1. The van der Waals surface area contributed by atoms with Gasteiger partial charge in [0.15, 0.2) is 7.28 Å². The molecule has 27 heavy (non-hydrogen) atoms. The Balaban J connectivity index is 1.76. The molecule has 0 aliphatic rings. The molecule has 2 N–H and O–H groups in total. The highest BCUT2D eigenvalue weighted by Crippen LogP contribution is 2.23. The Morgan fingerprint density at radius 1 is 1.04 bits per heavy atom. The van der Waals surface area contributed by atoms with Crippen LogP contribution in [0.25, 0.3) is 10.8 Å². The topological polar surface area (TPSA) is 41.1 Å². The number of carbonyl (C=O) groups is 1. The predicted octanol–water partition coefficient (Wildman–Crippen LogP) is 4.44. The van der Waals surface area contributed by atoms with Gasteiger partial charge in [-0.05, 0) is 53.9 Å². The molecule has 0 saturated carbocycles. The van der Waals surface area contributed by atoms with Crippen molar-refractivity contribution < 1.29 is 4.79 Å². The minimum atomic E-state index is -0.0577. The molecule has 0 fully saturated rings. The van der Waals surface area contributed by atoms with Crippen molar-refractivity contribution in [2.24, 2.45) is 0 Å². The Bertz CT molecular complexity index is 974. The van der Waals surface area contributed by atoms with Gasteiger partial charge in [-0.3, -0.25) is 4.79 Å². The first-order valence-corrected chi connectivity index (χ1v) is 10.5. The first kappa shape index (κ1) is 19.4. The molecular weight excluding hydrogens is 351 g/mol. The van der Waals surface area contributed by atoms with E-state index in [2.05, 4.69) is 60.2 Å². The molecular formula is C22H25BN2OS. The number of amides is 1. The van der Waals surface area contributed by atoms with Crippen LogP contribution in [0, 0.1) is 6.92 Å². The zero-order valence-corrected chi connectivity index (χ0v) is 17.1. The van der Waals surface area contributed by atoms with Crippen LogP contribution in [0.2, 0.25) is 6.82 Å². The lowest BCUT2D eigenvalue weighted by atomic mass is 9.73. The van der Waals surface area contributed by atoms with Crippen LogP contribution in [0.3, 0.4) is 0 Å². The highest BCUT2D eigenvalue weighted by atomic mass is 32.2. The van der Waals surface area contributed by atoms with Gasteiger partial charge in [0.2, 0.25) is 0 Å². The molecule has 0 saturated heterocycles. The standard InChI is InChI=1S/C22H25BN2OS/c1-14-11-16(8-10-21(14)25-27-4)15(2)24-22(26)19-6-5-18-13-20(23-3)9-7-17(18)12-19/h5-13,15,23,25H,1-4H3,(H,24,26)/t15-/m1/s1. The number of nitrogens with one attached hydrogen (secondary N) is 2. The Labute approximate surface area is 166 Å². The molecule has 0 radical (unpaired) electrons. The zero-order chi connectivity index (χ0) is 19.4. The number of anilines is 1.